The van der Waals surface area contributed by atoms with Gasteiger partial charge in [0, 0.05) is 32.1 Å². The molecule has 0 saturated heterocycles. The predicted molar refractivity (Wildman–Crippen MR) is 76.7 cm³/mol. The SMILES string of the molecule is CNc1ccc([N+](=O)[O-])c(NCc2cnccc2C)n1. The number of aromatic nitrogens is 2. The molecule has 7 heteroatoms. The lowest BCUT2D eigenvalue weighted by Crippen LogP contribution is -2.07. The van der Waals surface area contributed by atoms with Gasteiger partial charge < -0.3 is 10.6 Å². The number of hydrogen-bond acceptors (Lipinski definition) is 6. The molecule has 104 valence electrons. The molecule has 2 rings (SSSR count). The van der Waals surface area contributed by atoms with Crippen LogP contribution < -0.4 is 10.6 Å². The molecule has 0 atom stereocenters. The number of aryl methyl sites for hydroxylation is 1. The van der Waals surface area contributed by atoms with E-state index >= 15 is 0 Å². The fraction of sp³-hybridized carbons (Fsp3) is 0.231. The summed E-state index contributed by atoms with van der Waals surface area (Å²) in [4.78, 5) is 18.8. The second-order valence-electron chi connectivity index (χ2n) is 4.23. The van der Waals surface area contributed by atoms with Gasteiger partial charge in [-0.05, 0) is 30.2 Å². The molecule has 0 spiro atoms. The minimum atomic E-state index is -0.453. The van der Waals surface area contributed by atoms with Crippen molar-refractivity contribution in [1.82, 2.24) is 9.97 Å². The molecule has 0 aliphatic heterocycles. The maximum atomic E-state index is 11.0. The van der Waals surface area contributed by atoms with Gasteiger partial charge in [-0.3, -0.25) is 15.1 Å². The average Bonchev–Trinajstić information content (AvgIpc) is 2.46. The molecule has 7 nitrogen and oxygen atoms in total. The van der Waals surface area contributed by atoms with E-state index in [9.17, 15) is 10.1 Å². The van der Waals surface area contributed by atoms with Crippen molar-refractivity contribution in [3.8, 4) is 0 Å². The fourth-order valence-electron chi connectivity index (χ4n) is 1.73. The summed E-state index contributed by atoms with van der Waals surface area (Å²) in [6.45, 7) is 2.39. The largest absolute Gasteiger partial charge is 0.373 e. The summed E-state index contributed by atoms with van der Waals surface area (Å²) >= 11 is 0. The Hall–Kier alpha value is -2.70. The van der Waals surface area contributed by atoms with Crippen LogP contribution in [0.5, 0.6) is 0 Å². The molecule has 2 heterocycles. The van der Waals surface area contributed by atoms with E-state index < -0.39 is 4.92 Å². The molecule has 0 aliphatic rings. The number of nitrogens with zero attached hydrogens (tertiary/aromatic N) is 3. The van der Waals surface area contributed by atoms with E-state index in [1.807, 2.05) is 13.0 Å². The van der Waals surface area contributed by atoms with Crippen molar-refractivity contribution in [1.29, 1.82) is 0 Å². The van der Waals surface area contributed by atoms with E-state index in [1.54, 1.807) is 25.5 Å². The van der Waals surface area contributed by atoms with Crippen LogP contribution in [-0.2, 0) is 6.54 Å². The minimum Gasteiger partial charge on any atom is -0.373 e. The Bertz CT molecular complexity index is 630. The second-order valence-corrected chi connectivity index (χ2v) is 4.23. The van der Waals surface area contributed by atoms with E-state index in [4.69, 9.17) is 0 Å². The molecule has 2 N–H and O–H groups in total. The summed E-state index contributed by atoms with van der Waals surface area (Å²) < 4.78 is 0. The van der Waals surface area contributed by atoms with Gasteiger partial charge in [0.1, 0.15) is 5.82 Å². The van der Waals surface area contributed by atoms with Crippen LogP contribution in [0.4, 0.5) is 17.3 Å². The number of nitro groups is 1. The number of rotatable bonds is 5. The summed E-state index contributed by atoms with van der Waals surface area (Å²) in [6.07, 6.45) is 3.44. The van der Waals surface area contributed by atoms with Gasteiger partial charge in [-0.2, -0.15) is 0 Å². The summed E-state index contributed by atoms with van der Waals surface area (Å²) in [7, 11) is 1.71. The van der Waals surface area contributed by atoms with Crippen molar-refractivity contribution in [3.05, 3.63) is 51.8 Å². The Kier molecular flexibility index (Phi) is 4.09. The third-order valence-electron chi connectivity index (χ3n) is 2.92. The normalized spacial score (nSPS) is 10.1. The van der Waals surface area contributed by atoms with Gasteiger partial charge in [0.05, 0.1) is 4.92 Å². The number of hydrogen-bond donors (Lipinski definition) is 2. The molecular formula is C13H15N5O2. The lowest BCUT2D eigenvalue weighted by molar-refractivity contribution is -0.384. The molecule has 0 amide bonds. The minimum absolute atomic E-state index is 0.0504. The van der Waals surface area contributed by atoms with Crippen LogP contribution in [0.2, 0.25) is 0 Å². The topological polar surface area (TPSA) is 93.0 Å². The highest BCUT2D eigenvalue weighted by Gasteiger charge is 2.15. The smallest absolute Gasteiger partial charge is 0.311 e. The fourth-order valence-corrected chi connectivity index (χ4v) is 1.73. The summed E-state index contributed by atoms with van der Waals surface area (Å²) in [5, 5.41) is 16.8. The quantitative estimate of drug-likeness (QED) is 0.641. The van der Waals surface area contributed by atoms with Crippen molar-refractivity contribution >= 4 is 17.3 Å². The maximum absolute atomic E-state index is 11.0. The molecule has 0 fully saturated rings. The summed E-state index contributed by atoms with van der Waals surface area (Å²) in [5.74, 6) is 0.811. The highest BCUT2D eigenvalue weighted by molar-refractivity contribution is 5.60. The van der Waals surface area contributed by atoms with Crippen molar-refractivity contribution in [2.75, 3.05) is 17.7 Å². The van der Waals surface area contributed by atoms with E-state index in [-0.39, 0.29) is 11.5 Å². The average molecular weight is 273 g/mol. The van der Waals surface area contributed by atoms with Crippen molar-refractivity contribution < 1.29 is 4.92 Å². The first-order valence-electron chi connectivity index (χ1n) is 6.08. The number of nitrogens with one attached hydrogen (secondary N) is 2. The van der Waals surface area contributed by atoms with Crippen LogP contribution in [0.3, 0.4) is 0 Å². The van der Waals surface area contributed by atoms with Gasteiger partial charge in [-0.15, -0.1) is 0 Å². The second kappa shape index (κ2) is 5.96. The zero-order valence-corrected chi connectivity index (χ0v) is 11.3. The van der Waals surface area contributed by atoms with Crippen molar-refractivity contribution in [2.45, 2.75) is 13.5 Å². The highest BCUT2D eigenvalue weighted by atomic mass is 16.6. The first-order chi connectivity index (χ1) is 9.61. The summed E-state index contributed by atoms with van der Waals surface area (Å²) in [6, 6.07) is 4.89. The Morgan fingerprint density at radius 2 is 2.15 bits per heavy atom. The van der Waals surface area contributed by atoms with E-state index in [0.29, 0.717) is 12.4 Å². The van der Waals surface area contributed by atoms with Crippen molar-refractivity contribution in [3.63, 3.8) is 0 Å². The van der Waals surface area contributed by atoms with Crippen molar-refractivity contribution in [2.24, 2.45) is 0 Å². The number of anilines is 2. The lowest BCUT2D eigenvalue weighted by Gasteiger charge is -2.09. The zero-order valence-electron chi connectivity index (χ0n) is 11.3. The Morgan fingerprint density at radius 1 is 1.35 bits per heavy atom. The first kappa shape index (κ1) is 13.7. The predicted octanol–water partition coefficient (Wildman–Crippen LogP) is 2.35. The van der Waals surface area contributed by atoms with Crippen LogP contribution in [0, 0.1) is 17.0 Å². The molecule has 2 aromatic heterocycles. The van der Waals surface area contributed by atoms with Gasteiger partial charge >= 0.3 is 5.69 Å². The molecule has 0 bridgehead atoms. The standard InChI is InChI=1S/C13H15N5O2/c1-9-5-6-15-7-10(9)8-16-13-11(18(19)20)3-4-12(14-2)17-13/h3-7H,8H2,1-2H3,(H2,14,16,17). The Morgan fingerprint density at radius 3 is 2.80 bits per heavy atom. The lowest BCUT2D eigenvalue weighted by atomic mass is 10.1. The van der Waals surface area contributed by atoms with E-state index in [2.05, 4.69) is 20.6 Å². The van der Waals surface area contributed by atoms with Crippen LogP contribution in [0.25, 0.3) is 0 Å². The Labute approximate surface area is 116 Å². The van der Waals surface area contributed by atoms with Gasteiger partial charge in [0.15, 0.2) is 0 Å². The molecule has 0 saturated carbocycles. The van der Waals surface area contributed by atoms with E-state index in [1.165, 1.54) is 6.07 Å². The van der Waals surface area contributed by atoms with Gasteiger partial charge in [0.25, 0.3) is 0 Å². The maximum Gasteiger partial charge on any atom is 0.311 e. The molecule has 20 heavy (non-hydrogen) atoms. The van der Waals surface area contributed by atoms with Gasteiger partial charge in [-0.25, -0.2) is 4.98 Å². The third kappa shape index (κ3) is 3.00. The van der Waals surface area contributed by atoms with Crippen LogP contribution >= 0.6 is 0 Å². The zero-order chi connectivity index (χ0) is 14.5. The van der Waals surface area contributed by atoms with Crippen LogP contribution in [0.15, 0.2) is 30.6 Å². The number of pyridine rings is 2. The molecule has 0 aliphatic carbocycles. The highest BCUT2D eigenvalue weighted by Crippen LogP contribution is 2.24. The summed E-state index contributed by atoms with van der Waals surface area (Å²) in [5.41, 5.74) is 1.99. The first-order valence-corrected chi connectivity index (χ1v) is 6.08. The molecule has 0 aromatic carbocycles. The molecule has 2 aromatic rings. The van der Waals surface area contributed by atoms with Gasteiger partial charge in [0.2, 0.25) is 5.82 Å². The molecular weight excluding hydrogens is 258 g/mol. The monoisotopic (exact) mass is 273 g/mol. The molecule has 0 radical (unpaired) electrons. The van der Waals surface area contributed by atoms with Crippen LogP contribution in [0.1, 0.15) is 11.1 Å². The van der Waals surface area contributed by atoms with Crippen LogP contribution in [-0.4, -0.2) is 21.9 Å². The molecule has 0 unspecified atom stereocenters. The third-order valence-corrected chi connectivity index (χ3v) is 2.92. The van der Waals surface area contributed by atoms with Gasteiger partial charge in [-0.1, -0.05) is 0 Å². The Balaban J connectivity index is 2.24. The van der Waals surface area contributed by atoms with E-state index in [0.717, 1.165) is 11.1 Å².